The van der Waals surface area contributed by atoms with Gasteiger partial charge in [0.25, 0.3) is 0 Å². The highest BCUT2D eigenvalue weighted by atomic mass is 16.5. The van der Waals surface area contributed by atoms with Gasteiger partial charge in [-0.25, -0.2) is 0 Å². The van der Waals surface area contributed by atoms with Crippen molar-refractivity contribution in [1.29, 1.82) is 0 Å². The largest absolute Gasteiger partial charge is 0.506 e. The number of nitrogens with two attached hydrogens (primary N) is 2. The van der Waals surface area contributed by atoms with E-state index in [1.54, 1.807) is 30.3 Å². The SMILES string of the molecule is Nc1cc(Oc2ccc(Oc3ccc(O)c(N)c3)c(C#Cc3ccccc3)c2)ccc1O. The van der Waals surface area contributed by atoms with E-state index in [0.29, 0.717) is 28.6 Å². The van der Waals surface area contributed by atoms with Crippen LogP contribution in [0.5, 0.6) is 34.5 Å². The van der Waals surface area contributed by atoms with E-state index in [4.69, 9.17) is 20.9 Å². The van der Waals surface area contributed by atoms with Gasteiger partial charge in [-0.3, -0.25) is 0 Å². The second-order valence-electron chi connectivity index (χ2n) is 6.92. The lowest BCUT2D eigenvalue weighted by Gasteiger charge is -2.12. The van der Waals surface area contributed by atoms with Gasteiger partial charge in [-0.2, -0.15) is 0 Å². The highest BCUT2D eigenvalue weighted by Crippen LogP contribution is 2.34. The van der Waals surface area contributed by atoms with Gasteiger partial charge >= 0.3 is 0 Å². The number of aromatic hydroxyl groups is 2. The van der Waals surface area contributed by atoms with E-state index in [1.165, 1.54) is 24.3 Å². The van der Waals surface area contributed by atoms with Gasteiger partial charge in [0.1, 0.15) is 34.5 Å². The van der Waals surface area contributed by atoms with Gasteiger partial charge in [-0.05, 0) is 48.5 Å². The zero-order chi connectivity index (χ0) is 22.5. The van der Waals surface area contributed by atoms with Gasteiger partial charge in [-0.15, -0.1) is 0 Å². The summed E-state index contributed by atoms with van der Waals surface area (Å²) in [6.07, 6.45) is 0. The molecule has 6 nitrogen and oxygen atoms in total. The number of phenols is 2. The molecule has 0 aromatic heterocycles. The Bertz CT molecular complexity index is 1320. The van der Waals surface area contributed by atoms with E-state index in [-0.39, 0.29) is 22.9 Å². The molecule has 4 rings (SSSR count). The smallest absolute Gasteiger partial charge is 0.143 e. The number of hydrogen-bond donors (Lipinski definition) is 4. The molecule has 0 atom stereocenters. The molecule has 0 aliphatic rings. The molecule has 0 amide bonds. The standard InChI is InChI=1S/C26H20N2O4/c27-22-15-20(8-11-24(22)29)31-19-10-13-26(32-21-9-12-25(30)23(28)16-21)18(14-19)7-6-17-4-2-1-3-5-17/h1-5,8-16,29-30H,27-28H2. The molecule has 0 saturated heterocycles. The van der Waals surface area contributed by atoms with Gasteiger partial charge in [0.15, 0.2) is 0 Å². The summed E-state index contributed by atoms with van der Waals surface area (Å²) < 4.78 is 11.9. The maximum Gasteiger partial charge on any atom is 0.143 e. The maximum atomic E-state index is 9.64. The number of nitrogen functional groups attached to an aromatic ring is 2. The summed E-state index contributed by atoms with van der Waals surface area (Å²) in [5.41, 5.74) is 13.4. The van der Waals surface area contributed by atoms with Gasteiger partial charge < -0.3 is 31.2 Å². The van der Waals surface area contributed by atoms with E-state index >= 15 is 0 Å². The maximum absolute atomic E-state index is 9.64. The van der Waals surface area contributed by atoms with Crippen LogP contribution in [0.4, 0.5) is 11.4 Å². The van der Waals surface area contributed by atoms with Crippen molar-refractivity contribution in [2.45, 2.75) is 0 Å². The fraction of sp³-hybridized carbons (Fsp3) is 0. The minimum Gasteiger partial charge on any atom is -0.506 e. The first-order valence-electron chi connectivity index (χ1n) is 9.72. The van der Waals surface area contributed by atoms with E-state index in [2.05, 4.69) is 11.8 Å². The van der Waals surface area contributed by atoms with Crippen molar-refractivity contribution >= 4 is 11.4 Å². The third-order valence-electron chi connectivity index (χ3n) is 4.53. The lowest BCUT2D eigenvalue weighted by atomic mass is 10.1. The lowest BCUT2D eigenvalue weighted by Crippen LogP contribution is -1.93. The molecule has 0 fully saturated rings. The zero-order valence-corrected chi connectivity index (χ0v) is 16.9. The summed E-state index contributed by atoms with van der Waals surface area (Å²) in [6, 6.07) is 24.0. The first-order chi connectivity index (χ1) is 15.5. The Morgan fingerprint density at radius 3 is 1.78 bits per heavy atom. The topological polar surface area (TPSA) is 111 Å². The monoisotopic (exact) mass is 424 g/mol. The molecule has 0 aliphatic heterocycles. The molecule has 0 bridgehead atoms. The highest BCUT2D eigenvalue weighted by Gasteiger charge is 2.09. The van der Waals surface area contributed by atoms with E-state index < -0.39 is 0 Å². The molecule has 4 aromatic carbocycles. The van der Waals surface area contributed by atoms with Crippen molar-refractivity contribution in [2.75, 3.05) is 11.5 Å². The molecule has 0 spiro atoms. The third kappa shape index (κ3) is 4.86. The molecule has 0 radical (unpaired) electrons. The Balaban J connectivity index is 1.69. The van der Waals surface area contributed by atoms with Crippen molar-refractivity contribution in [2.24, 2.45) is 0 Å². The molecule has 6 heteroatoms. The first-order valence-corrected chi connectivity index (χ1v) is 9.72. The minimum absolute atomic E-state index is 0.0105. The number of phenolic OH excluding ortho intramolecular Hbond substituents is 2. The van der Waals surface area contributed by atoms with Crippen LogP contribution in [0.3, 0.4) is 0 Å². The van der Waals surface area contributed by atoms with Crippen molar-refractivity contribution in [3.63, 3.8) is 0 Å². The fourth-order valence-corrected chi connectivity index (χ4v) is 2.88. The third-order valence-corrected chi connectivity index (χ3v) is 4.53. The van der Waals surface area contributed by atoms with Crippen LogP contribution in [0.2, 0.25) is 0 Å². The zero-order valence-electron chi connectivity index (χ0n) is 16.9. The van der Waals surface area contributed by atoms with Crippen LogP contribution in [-0.2, 0) is 0 Å². The molecular weight excluding hydrogens is 404 g/mol. The fourth-order valence-electron chi connectivity index (χ4n) is 2.88. The quantitative estimate of drug-likeness (QED) is 0.202. The van der Waals surface area contributed by atoms with Crippen LogP contribution >= 0.6 is 0 Å². The van der Waals surface area contributed by atoms with E-state index in [9.17, 15) is 10.2 Å². The van der Waals surface area contributed by atoms with E-state index in [1.807, 2.05) is 30.3 Å². The summed E-state index contributed by atoms with van der Waals surface area (Å²) in [5.74, 6) is 8.16. The van der Waals surface area contributed by atoms with Crippen LogP contribution in [0, 0.1) is 11.8 Å². The molecule has 32 heavy (non-hydrogen) atoms. The number of benzene rings is 4. The molecule has 6 N–H and O–H groups in total. The molecule has 4 aromatic rings. The van der Waals surface area contributed by atoms with Gasteiger partial charge in [0.2, 0.25) is 0 Å². The highest BCUT2D eigenvalue weighted by molar-refractivity contribution is 5.59. The molecule has 0 heterocycles. The summed E-state index contributed by atoms with van der Waals surface area (Å²) in [5, 5.41) is 19.2. The molecule has 0 unspecified atom stereocenters. The second kappa shape index (κ2) is 8.94. The normalized spacial score (nSPS) is 10.1. The van der Waals surface area contributed by atoms with Gasteiger partial charge in [-0.1, -0.05) is 30.0 Å². The Morgan fingerprint density at radius 2 is 1.16 bits per heavy atom. The summed E-state index contributed by atoms with van der Waals surface area (Å²) in [7, 11) is 0. The predicted octanol–water partition coefficient (Wildman–Crippen LogP) is 5.25. The molecular formula is C26H20N2O4. The Morgan fingerprint density at radius 1 is 0.594 bits per heavy atom. The summed E-state index contributed by atoms with van der Waals surface area (Å²) >= 11 is 0. The molecule has 158 valence electrons. The number of rotatable bonds is 4. The second-order valence-corrected chi connectivity index (χ2v) is 6.92. The van der Waals surface area contributed by atoms with Gasteiger partial charge in [0, 0.05) is 23.8 Å². The number of anilines is 2. The van der Waals surface area contributed by atoms with Gasteiger partial charge in [0.05, 0.1) is 16.9 Å². The van der Waals surface area contributed by atoms with Crippen molar-refractivity contribution < 1.29 is 19.7 Å². The Kier molecular flexibility index (Phi) is 5.73. The minimum atomic E-state index is -0.0154. The predicted molar refractivity (Wildman–Crippen MR) is 124 cm³/mol. The average molecular weight is 424 g/mol. The van der Waals surface area contributed by atoms with Crippen LogP contribution in [-0.4, -0.2) is 10.2 Å². The van der Waals surface area contributed by atoms with Crippen molar-refractivity contribution in [3.8, 4) is 46.3 Å². The van der Waals surface area contributed by atoms with Crippen LogP contribution < -0.4 is 20.9 Å². The van der Waals surface area contributed by atoms with E-state index in [0.717, 1.165) is 5.56 Å². The molecule has 0 aliphatic carbocycles. The van der Waals surface area contributed by atoms with Crippen molar-refractivity contribution in [3.05, 3.63) is 96.1 Å². The Labute approximate surface area is 185 Å². The number of hydrogen-bond acceptors (Lipinski definition) is 6. The summed E-state index contributed by atoms with van der Waals surface area (Å²) in [6.45, 7) is 0. The lowest BCUT2D eigenvalue weighted by molar-refractivity contribution is 0.459. The Hall–Kier alpha value is -4.76. The van der Waals surface area contributed by atoms with Crippen molar-refractivity contribution in [1.82, 2.24) is 0 Å². The molecule has 0 saturated carbocycles. The number of ether oxygens (including phenoxy) is 2. The summed E-state index contributed by atoms with van der Waals surface area (Å²) in [4.78, 5) is 0. The average Bonchev–Trinajstić information content (AvgIpc) is 2.79. The van der Waals surface area contributed by atoms with Crippen LogP contribution in [0.1, 0.15) is 11.1 Å². The van der Waals surface area contributed by atoms with Crippen LogP contribution in [0.25, 0.3) is 0 Å². The van der Waals surface area contributed by atoms with Crippen LogP contribution in [0.15, 0.2) is 84.9 Å². The first kappa shape index (κ1) is 20.5.